The first-order chi connectivity index (χ1) is 17.2. The molecule has 0 saturated carbocycles. The molecule has 3 aromatic rings. The number of halogens is 2. The van der Waals surface area contributed by atoms with Crippen LogP contribution in [0.15, 0.2) is 71.2 Å². The Morgan fingerprint density at radius 3 is 2.22 bits per heavy atom. The summed E-state index contributed by atoms with van der Waals surface area (Å²) < 4.78 is 6.93. The molecule has 1 atom stereocenters. The molecule has 0 fully saturated rings. The second kappa shape index (κ2) is 12.9. The van der Waals surface area contributed by atoms with Crippen molar-refractivity contribution in [3.05, 3.63) is 98.5 Å². The van der Waals surface area contributed by atoms with E-state index in [1.807, 2.05) is 88.4 Å². The zero-order valence-electron chi connectivity index (χ0n) is 21.1. The molecule has 190 valence electrons. The lowest BCUT2D eigenvalue weighted by Gasteiger charge is -2.32. The third-order valence-electron chi connectivity index (χ3n) is 5.77. The summed E-state index contributed by atoms with van der Waals surface area (Å²) in [7, 11) is 0. The first kappa shape index (κ1) is 27.8. The van der Waals surface area contributed by atoms with E-state index in [0.717, 1.165) is 26.7 Å². The van der Waals surface area contributed by atoms with Gasteiger partial charge in [0.2, 0.25) is 5.91 Å². The molecule has 0 aromatic heterocycles. The number of hydrogen-bond acceptors (Lipinski definition) is 3. The lowest BCUT2D eigenvalue weighted by atomic mass is 10.0. The summed E-state index contributed by atoms with van der Waals surface area (Å²) in [5, 5.41) is 3.52. The topological polar surface area (TPSA) is 58.6 Å². The summed E-state index contributed by atoms with van der Waals surface area (Å²) in [6.07, 6.45) is 0.367. The highest BCUT2D eigenvalue weighted by Gasteiger charge is 2.31. The molecular weight excluding hydrogens is 540 g/mol. The first-order valence-electron chi connectivity index (χ1n) is 11.9. The summed E-state index contributed by atoms with van der Waals surface area (Å²) in [5.41, 5.74) is 3.75. The molecule has 0 radical (unpaired) electrons. The van der Waals surface area contributed by atoms with E-state index in [0.29, 0.717) is 17.2 Å². The monoisotopic (exact) mass is 570 g/mol. The number of hydrogen-bond donors (Lipinski definition) is 1. The molecule has 0 bridgehead atoms. The SMILES string of the molecule is Cc1cc(OCC(=O)N(Cc2ccccc2Cl)[C@H](Cc2ccccc2)C(=O)NC(C)C)cc(C)c1Br. The molecule has 0 unspecified atom stereocenters. The van der Waals surface area contributed by atoms with Crippen LogP contribution in [0.1, 0.15) is 36.1 Å². The van der Waals surface area contributed by atoms with Crippen molar-refractivity contribution >= 4 is 39.3 Å². The molecular formula is C29H32BrClN2O3. The largest absolute Gasteiger partial charge is 0.484 e. The van der Waals surface area contributed by atoms with Gasteiger partial charge in [0.05, 0.1) is 0 Å². The number of nitrogens with one attached hydrogen (secondary N) is 1. The highest BCUT2D eigenvalue weighted by Crippen LogP contribution is 2.27. The van der Waals surface area contributed by atoms with E-state index in [1.165, 1.54) is 0 Å². The van der Waals surface area contributed by atoms with E-state index in [2.05, 4.69) is 21.2 Å². The van der Waals surface area contributed by atoms with Gasteiger partial charge in [0.25, 0.3) is 5.91 Å². The van der Waals surface area contributed by atoms with E-state index in [4.69, 9.17) is 16.3 Å². The van der Waals surface area contributed by atoms with Gasteiger partial charge in [0.1, 0.15) is 11.8 Å². The lowest BCUT2D eigenvalue weighted by molar-refractivity contribution is -0.143. The Labute approximate surface area is 226 Å². The molecule has 2 amide bonds. The Balaban J connectivity index is 1.93. The van der Waals surface area contributed by atoms with Gasteiger partial charge in [-0.1, -0.05) is 76.1 Å². The van der Waals surface area contributed by atoms with Crippen molar-refractivity contribution in [1.82, 2.24) is 10.2 Å². The smallest absolute Gasteiger partial charge is 0.261 e. The predicted octanol–water partition coefficient (Wildman–Crippen LogP) is 6.26. The number of aryl methyl sites for hydroxylation is 2. The highest BCUT2D eigenvalue weighted by atomic mass is 79.9. The van der Waals surface area contributed by atoms with Gasteiger partial charge in [-0.05, 0) is 68.1 Å². The van der Waals surface area contributed by atoms with Gasteiger partial charge in [0, 0.05) is 28.5 Å². The fourth-order valence-electron chi connectivity index (χ4n) is 3.96. The van der Waals surface area contributed by atoms with Crippen molar-refractivity contribution in [3.63, 3.8) is 0 Å². The van der Waals surface area contributed by atoms with E-state index in [1.54, 1.807) is 11.0 Å². The normalized spacial score (nSPS) is 11.8. The summed E-state index contributed by atoms with van der Waals surface area (Å²) >= 11 is 10.0. The van der Waals surface area contributed by atoms with Gasteiger partial charge >= 0.3 is 0 Å². The number of carbonyl (C=O) groups is 2. The van der Waals surface area contributed by atoms with Crippen LogP contribution < -0.4 is 10.1 Å². The average molecular weight is 572 g/mol. The van der Waals surface area contributed by atoms with Crippen LogP contribution in [-0.2, 0) is 22.6 Å². The van der Waals surface area contributed by atoms with Crippen LogP contribution >= 0.6 is 27.5 Å². The molecule has 5 nitrogen and oxygen atoms in total. The van der Waals surface area contributed by atoms with Crippen molar-refractivity contribution in [2.24, 2.45) is 0 Å². The third kappa shape index (κ3) is 7.58. The maximum absolute atomic E-state index is 13.7. The minimum absolute atomic E-state index is 0.0713. The zero-order chi connectivity index (χ0) is 26.2. The number of ether oxygens (including phenoxy) is 1. The molecule has 0 aliphatic heterocycles. The number of amides is 2. The second-order valence-corrected chi connectivity index (χ2v) is 10.3. The van der Waals surface area contributed by atoms with E-state index in [-0.39, 0.29) is 31.0 Å². The van der Waals surface area contributed by atoms with Crippen LogP contribution in [0.4, 0.5) is 0 Å². The van der Waals surface area contributed by atoms with E-state index in [9.17, 15) is 9.59 Å². The summed E-state index contributed by atoms with van der Waals surface area (Å²) in [5.74, 6) is 0.0862. The van der Waals surface area contributed by atoms with Crippen molar-refractivity contribution < 1.29 is 14.3 Å². The number of nitrogens with zero attached hydrogens (tertiary/aromatic N) is 1. The molecule has 3 rings (SSSR count). The maximum Gasteiger partial charge on any atom is 0.261 e. The first-order valence-corrected chi connectivity index (χ1v) is 13.1. The minimum atomic E-state index is -0.740. The van der Waals surface area contributed by atoms with Gasteiger partial charge in [-0.2, -0.15) is 0 Å². The molecule has 0 aliphatic rings. The fraction of sp³-hybridized carbons (Fsp3) is 0.310. The standard InChI is InChI=1S/C29H32BrClN2O3/c1-19(2)32-29(35)26(16-22-10-6-5-7-11-22)33(17-23-12-8-9-13-25(23)31)27(34)18-36-24-14-20(3)28(30)21(4)15-24/h5-15,19,26H,16-18H2,1-4H3,(H,32,35)/t26-/m1/s1. The van der Waals surface area contributed by atoms with Gasteiger partial charge in [-0.25, -0.2) is 0 Å². The molecule has 36 heavy (non-hydrogen) atoms. The minimum Gasteiger partial charge on any atom is -0.484 e. The molecule has 1 N–H and O–H groups in total. The van der Waals surface area contributed by atoms with E-state index >= 15 is 0 Å². The highest BCUT2D eigenvalue weighted by molar-refractivity contribution is 9.10. The zero-order valence-corrected chi connectivity index (χ0v) is 23.4. The number of carbonyl (C=O) groups excluding carboxylic acids is 2. The number of benzene rings is 3. The molecule has 0 saturated heterocycles. The van der Waals surface area contributed by atoms with Crippen LogP contribution in [-0.4, -0.2) is 35.4 Å². The third-order valence-corrected chi connectivity index (χ3v) is 7.39. The summed E-state index contributed by atoms with van der Waals surface area (Å²) in [6, 6.07) is 20.0. The van der Waals surface area contributed by atoms with Gasteiger partial charge in [0.15, 0.2) is 6.61 Å². The van der Waals surface area contributed by atoms with Crippen LogP contribution in [0.5, 0.6) is 5.75 Å². The van der Waals surface area contributed by atoms with Crippen molar-refractivity contribution in [1.29, 1.82) is 0 Å². The lowest BCUT2D eigenvalue weighted by Crippen LogP contribution is -2.52. The van der Waals surface area contributed by atoms with Crippen molar-refractivity contribution in [3.8, 4) is 5.75 Å². The molecule has 0 spiro atoms. The average Bonchev–Trinajstić information content (AvgIpc) is 2.84. The van der Waals surface area contributed by atoms with Crippen molar-refractivity contribution in [2.75, 3.05) is 6.61 Å². The Morgan fingerprint density at radius 2 is 1.61 bits per heavy atom. The summed E-state index contributed by atoms with van der Waals surface area (Å²) in [6.45, 7) is 7.73. The Kier molecular flexibility index (Phi) is 9.97. The number of rotatable bonds is 10. The predicted molar refractivity (Wildman–Crippen MR) is 148 cm³/mol. The molecule has 0 aliphatic carbocycles. The van der Waals surface area contributed by atoms with E-state index < -0.39 is 6.04 Å². The Morgan fingerprint density at radius 1 is 1.00 bits per heavy atom. The van der Waals surface area contributed by atoms with Crippen LogP contribution in [0, 0.1) is 13.8 Å². The Bertz CT molecular complexity index is 1180. The maximum atomic E-state index is 13.7. The fourth-order valence-corrected chi connectivity index (χ4v) is 4.39. The molecule has 0 heterocycles. The van der Waals surface area contributed by atoms with Crippen LogP contribution in [0.25, 0.3) is 0 Å². The van der Waals surface area contributed by atoms with Gasteiger partial charge in [-0.3, -0.25) is 9.59 Å². The molecule has 3 aromatic carbocycles. The van der Waals surface area contributed by atoms with Crippen LogP contribution in [0.2, 0.25) is 5.02 Å². The van der Waals surface area contributed by atoms with Crippen molar-refractivity contribution in [2.45, 2.75) is 52.7 Å². The summed E-state index contributed by atoms with van der Waals surface area (Å²) in [4.78, 5) is 28.6. The van der Waals surface area contributed by atoms with Gasteiger partial charge < -0.3 is 15.0 Å². The van der Waals surface area contributed by atoms with Crippen LogP contribution in [0.3, 0.4) is 0 Å². The van der Waals surface area contributed by atoms with Gasteiger partial charge in [-0.15, -0.1) is 0 Å². The second-order valence-electron chi connectivity index (χ2n) is 9.14. The molecule has 7 heteroatoms. The quantitative estimate of drug-likeness (QED) is 0.312. The Hall–Kier alpha value is -2.83.